The highest BCUT2D eigenvalue weighted by atomic mass is 15.3. The van der Waals surface area contributed by atoms with Gasteiger partial charge in [-0.3, -0.25) is 4.90 Å². The summed E-state index contributed by atoms with van der Waals surface area (Å²) in [5.41, 5.74) is 1.44. The highest BCUT2D eigenvalue weighted by Gasteiger charge is 2.28. The quantitative estimate of drug-likeness (QED) is 0.828. The molecule has 0 saturated carbocycles. The van der Waals surface area contributed by atoms with Gasteiger partial charge in [-0.15, -0.1) is 10.2 Å². The first-order chi connectivity index (χ1) is 12.8. The summed E-state index contributed by atoms with van der Waals surface area (Å²) in [7, 11) is 2.06. The molecule has 2 fully saturated rings. The summed E-state index contributed by atoms with van der Waals surface area (Å²) in [5, 5.41) is 8.38. The van der Waals surface area contributed by atoms with E-state index in [1.54, 1.807) is 0 Å². The van der Waals surface area contributed by atoms with Gasteiger partial charge in [0.05, 0.1) is 0 Å². The smallest absolute Gasteiger partial charge is 0.135 e. The van der Waals surface area contributed by atoms with Crippen molar-refractivity contribution < 1.29 is 0 Å². The molecule has 5 heteroatoms. The van der Waals surface area contributed by atoms with Gasteiger partial charge in [-0.05, 0) is 50.9 Å². The van der Waals surface area contributed by atoms with Crippen molar-refractivity contribution >= 4 is 0 Å². The highest BCUT2D eigenvalue weighted by Crippen LogP contribution is 2.28. The van der Waals surface area contributed by atoms with Crippen LogP contribution in [0, 0.1) is 0 Å². The Labute approximate surface area is 157 Å². The molecule has 0 N–H and O–H groups in total. The standard InChI is InChI=1S/C21H31N5/c1-24-17-22-23-21(24)19-10-13-25(14-11-19)16-20-9-5-6-12-26(20)15-18-7-3-2-4-8-18/h2-4,7-8,17,19-20H,5-6,9-16H2,1H3. The fourth-order valence-corrected chi connectivity index (χ4v) is 4.63. The molecule has 26 heavy (non-hydrogen) atoms. The Morgan fingerprint density at radius 1 is 1.00 bits per heavy atom. The minimum Gasteiger partial charge on any atom is -0.320 e. The van der Waals surface area contributed by atoms with E-state index in [1.165, 1.54) is 63.8 Å². The second-order valence-electron chi connectivity index (χ2n) is 7.98. The number of hydrogen-bond donors (Lipinski definition) is 0. The van der Waals surface area contributed by atoms with Gasteiger partial charge >= 0.3 is 0 Å². The van der Waals surface area contributed by atoms with E-state index in [9.17, 15) is 0 Å². The lowest BCUT2D eigenvalue weighted by atomic mass is 9.94. The van der Waals surface area contributed by atoms with E-state index in [2.05, 4.69) is 61.9 Å². The van der Waals surface area contributed by atoms with E-state index in [1.807, 2.05) is 6.33 Å². The van der Waals surface area contributed by atoms with E-state index in [0.29, 0.717) is 12.0 Å². The maximum absolute atomic E-state index is 4.33. The van der Waals surface area contributed by atoms with Crippen molar-refractivity contribution in [1.82, 2.24) is 24.6 Å². The fraction of sp³-hybridized carbons (Fsp3) is 0.619. The number of aromatic nitrogens is 3. The van der Waals surface area contributed by atoms with Crippen LogP contribution in [0.4, 0.5) is 0 Å². The van der Waals surface area contributed by atoms with Crippen molar-refractivity contribution in [2.24, 2.45) is 7.05 Å². The first-order valence-electron chi connectivity index (χ1n) is 10.1. The molecule has 0 amide bonds. The number of likely N-dealkylation sites (tertiary alicyclic amines) is 2. The van der Waals surface area contributed by atoms with Gasteiger partial charge in [-0.25, -0.2) is 0 Å². The van der Waals surface area contributed by atoms with Gasteiger partial charge in [0.1, 0.15) is 12.2 Å². The van der Waals surface area contributed by atoms with Crippen molar-refractivity contribution in [2.75, 3.05) is 26.2 Å². The highest BCUT2D eigenvalue weighted by molar-refractivity contribution is 5.14. The molecule has 140 valence electrons. The molecule has 2 aromatic rings. The van der Waals surface area contributed by atoms with Crippen molar-refractivity contribution in [3.63, 3.8) is 0 Å². The Hall–Kier alpha value is -1.72. The first-order valence-corrected chi connectivity index (χ1v) is 10.1. The Bertz CT molecular complexity index is 675. The number of rotatable bonds is 5. The van der Waals surface area contributed by atoms with E-state index < -0.39 is 0 Å². The van der Waals surface area contributed by atoms with Gasteiger partial charge in [0.2, 0.25) is 0 Å². The minimum atomic E-state index is 0.575. The summed E-state index contributed by atoms with van der Waals surface area (Å²) < 4.78 is 2.09. The van der Waals surface area contributed by atoms with Crippen LogP contribution >= 0.6 is 0 Å². The lowest BCUT2D eigenvalue weighted by molar-refractivity contribution is 0.0860. The Kier molecular flexibility index (Phi) is 5.65. The molecular weight excluding hydrogens is 322 g/mol. The lowest BCUT2D eigenvalue weighted by Crippen LogP contribution is -2.48. The van der Waals surface area contributed by atoms with Crippen molar-refractivity contribution in [2.45, 2.75) is 50.6 Å². The fourth-order valence-electron chi connectivity index (χ4n) is 4.63. The summed E-state index contributed by atoms with van der Waals surface area (Å²) in [6.07, 6.45) is 8.31. The summed E-state index contributed by atoms with van der Waals surface area (Å²) in [4.78, 5) is 5.40. The molecule has 0 spiro atoms. The SMILES string of the molecule is Cn1cnnc1C1CCN(CC2CCCCN2Cc2ccccc2)CC1. The molecule has 0 bridgehead atoms. The van der Waals surface area contributed by atoms with Crippen LogP contribution in [0.3, 0.4) is 0 Å². The number of hydrogen-bond acceptors (Lipinski definition) is 4. The third-order valence-electron chi connectivity index (χ3n) is 6.15. The molecule has 1 atom stereocenters. The molecule has 1 aromatic heterocycles. The maximum atomic E-state index is 4.33. The number of nitrogens with zero attached hydrogens (tertiary/aromatic N) is 5. The van der Waals surface area contributed by atoms with Gasteiger partial charge in [0.15, 0.2) is 0 Å². The Balaban J connectivity index is 1.32. The van der Waals surface area contributed by atoms with Gasteiger partial charge < -0.3 is 9.47 Å². The molecule has 0 radical (unpaired) electrons. The number of benzene rings is 1. The van der Waals surface area contributed by atoms with Gasteiger partial charge in [-0.1, -0.05) is 36.8 Å². The molecule has 4 rings (SSSR count). The average Bonchev–Trinajstić information content (AvgIpc) is 3.11. The third kappa shape index (κ3) is 4.15. The molecule has 3 heterocycles. The van der Waals surface area contributed by atoms with Gasteiger partial charge in [0, 0.05) is 32.1 Å². The van der Waals surface area contributed by atoms with E-state index in [-0.39, 0.29) is 0 Å². The van der Waals surface area contributed by atoms with E-state index in [0.717, 1.165) is 12.4 Å². The zero-order valence-electron chi connectivity index (χ0n) is 15.9. The van der Waals surface area contributed by atoms with Crippen LogP contribution < -0.4 is 0 Å². The molecular formula is C21H31N5. The summed E-state index contributed by atoms with van der Waals surface area (Å²) in [6, 6.07) is 11.7. The summed E-state index contributed by atoms with van der Waals surface area (Å²) in [6.45, 7) is 5.94. The summed E-state index contributed by atoms with van der Waals surface area (Å²) >= 11 is 0. The number of aryl methyl sites for hydroxylation is 1. The Morgan fingerprint density at radius 3 is 2.54 bits per heavy atom. The second kappa shape index (κ2) is 8.31. The third-order valence-corrected chi connectivity index (χ3v) is 6.15. The molecule has 2 aliphatic heterocycles. The normalized spacial score (nSPS) is 23.3. The van der Waals surface area contributed by atoms with E-state index in [4.69, 9.17) is 0 Å². The average molecular weight is 354 g/mol. The van der Waals surface area contributed by atoms with E-state index >= 15 is 0 Å². The predicted octanol–water partition coefficient (Wildman–Crippen LogP) is 3.05. The maximum Gasteiger partial charge on any atom is 0.135 e. The largest absolute Gasteiger partial charge is 0.320 e. The van der Waals surface area contributed by atoms with Crippen LogP contribution in [0.25, 0.3) is 0 Å². The van der Waals surface area contributed by atoms with Crippen LogP contribution in [0.2, 0.25) is 0 Å². The first kappa shape index (κ1) is 17.7. The molecule has 1 unspecified atom stereocenters. The summed E-state index contributed by atoms with van der Waals surface area (Å²) in [5.74, 6) is 1.73. The van der Waals surface area contributed by atoms with Crippen LogP contribution in [0.1, 0.15) is 49.4 Å². The van der Waals surface area contributed by atoms with Crippen LogP contribution in [0.15, 0.2) is 36.7 Å². The van der Waals surface area contributed by atoms with Crippen LogP contribution in [-0.2, 0) is 13.6 Å². The molecule has 0 aliphatic carbocycles. The Morgan fingerprint density at radius 2 is 1.81 bits per heavy atom. The molecule has 2 saturated heterocycles. The minimum absolute atomic E-state index is 0.575. The number of piperidine rings is 2. The molecule has 1 aromatic carbocycles. The van der Waals surface area contributed by atoms with Crippen molar-refractivity contribution in [3.8, 4) is 0 Å². The molecule has 2 aliphatic rings. The predicted molar refractivity (Wildman–Crippen MR) is 104 cm³/mol. The van der Waals surface area contributed by atoms with Crippen LogP contribution in [-0.4, -0.2) is 56.8 Å². The lowest BCUT2D eigenvalue weighted by Gasteiger charge is -2.40. The zero-order valence-corrected chi connectivity index (χ0v) is 15.9. The molecule has 5 nitrogen and oxygen atoms in total. The van der Waals surface area contributed by atoms with Crippen molar-refractivity contribution in [1.29, 1.82) is 0 Å². The van der Waals surface area contributed by atoms with Crippen LogP contribution in [0.5, 0.6) is 0 Å². The van der Waals surface area contributed by atoms with Crippen molar-refractivity contribution in [3.05, 3.63) is 48.0 Å². The van der Waals surface area contributed by atoms with Gasteiger partial charge in [-0.2, -0.15) is 0 Å². The van der Waals surface area contributed by atoms with Gasteiger partial charge in [0.25, 0.3) is 0 Å². The topological polar surface area (TPSA) is 37.2 Å². The monoisotopic (exact) mass is 353 g/mol. The second-order valence-corrected chi connectivity index (χ2v) is 7.98. The zero-order chi connectivity index (χ0) is 17.8.